The number of piperidine rings is 2. The van der Waals surface area contributed by atoms with E-state index in [9.17, 15) is 8.78 Å². The lowest BCUT2D eigenvalue weighted by molar-refractivity contribution is -0.113. The Bertz CT molecular complexity index is 299. The summed E-state index contributed by atoms with van der Waals surface area (Å²) in [7, 11) is 0. The normalized spacial score (nSPS) is 39.5. The average Bonchev–Trinajstić information content (AvgIpc) is 2.26. The maximum atomic E-state index is 12.7. The number of hydrogen-bond acceptors (Lipinski definition) is 2. The molecule has 0 radical (unpaired) electrons. The maximum absolute atomic E-state index is 12.7. The molecule has 3 atom stereocenters. The Morgan fingerprint density at radius 1 is 1.22 bits per heavy atom. The van der Waals surface area contributed by atoms with E-state index >= 15 is 0 Å². The van der Waals surface area contributed by atoms with Crippen molar-refractivity contribution in [2.75, 3.05) is 19.6 Å². The van der Waals surface area contributed by atoms with Crippen LogP contribution < -0.4 is 5.32 Å². The molecule has 0 aromatic carbocycles. The van der Waals surface area contributed by atoms with Crippen LogP contribution in [0.1, 0.15) is 33.1 Å². The lowest BCUT2D eigenvalue weighted by Gasteiger charge is -2.55. The molecule has 0 aromatic rings. The molecular weight excluding hydrogens is 234 g/mol. The lowest BCUT2D eigenvalue weighted by Crippen LogP contribution is -2.65. The van der Waals surface area contributed by atoms with Crippen molar-refractivity contribution in [1.82, 2.24) is 10.2 Å². The molecule has 1 unspecified atom stereocenters. The highest BCUT2D eigenvalue weighted by Crippen LogP contribution is 2.44. The molecule has 2 nitrogen and oxygen atoms in total. The highest BCUT2D eigenvalue weighted by molar-refractivity contribution is 5.02. The predicted molar refractivity (Wildman–Crippen MR) is 67.8 cm³/mol. The number of hydrogen-bond donors (Lipinski definition) is 1. The van der Waals surface area contributed by atoms with Crippen LogP contribution in [0, 0.1) is 17.8 Å². The first kappa shape index (κ1) is 12.8. The molecule has 2 bridgehead atoms. The summed E-state index contributed by atoms with van der Waals surface area (Å²) in [6.07, 6.45) is 1.53. The van der Waals surface area contributed by atoms with E-state index in [0.717, 1.165) is 18.4 Å². The number of halogens is 2. The number of nitrogens with one attached hydrogen (secondary N) is 1. The van der Waals surface area contributed by atoms with Gasteiger partial charge in [-0.05, 0) is 44.6 Å². The minimum absolute atomic E-state index is 0.0974. The van der Waals surface area contributed by atoms with Gasteiger partial charge in [-0.3, -0.25) is 0 Å². The van der Waals surface area contributed by atoms with E-state index in [2.05, 4.69) is 24.1 Å². The highest BCUT2D eigenvalue weighted by atomic mass is 19.3. The lowest BCUT2D eigenvalue weighted by atomic mass is 9.65. The van der Waals surface area contributed by atoms with Crippen molar-refractivity contribution >= 4 is 0 Å². The fourth-order valence-corrected chi connectivity index (χ4v) is 3.91. The van der Waals surface area contributed by atoms with Crippen LogP contribution >= 0.6 is 0 Å². The highest BCUT2D eigenvalue weighted by Gasteiger charge is 2.49. The van der Waals surface area contributed by atoms with Crippen LogP contribution in [0.4, 0.5) is 8.78 Å². The van der Waals surface area contributed by atoms with Crippen molar-refractivity contribution < 1.29 is 8.78 Å². The molecule has 1 N–H and O–H groups in total. The fourth-order valence-electron chi connectivity index (χ4n) is 3.91. The zero-order chi connectivity index (χ0) is 12.9. The Balaban J connectivity index is 1.41. The Morgan fingerprint density at radius 2 is 1.83 bits per heavy atom. The number of alkyl halides is 2. The van der Waals surface area contributed by atoms with Crippen LogP contribution in [0.2, 0.25) is 0 Å². The van der Waals surface area contributed by atoms with Crippen molar-refractivity contribution in [1.29, 1.82) is 0 Å². The van der Waals surface area contributed by atoms with Gasteiger partial charge in [0.1, 0.15) is 0 Å². The van der Waals surface area contributed by atoms with Crippen LogP contribution in [-0.2, 0) is 0 Å². The van der Waals surface area contributed by atoms with Crippen molar-refractivity contribution in [3.63, 3.8) is 0 Å². The van der Waals surface area contributed by atoms with Gasteiger partial charge < -0.3 is 10.2 Å². The minimum Gasteiger partial charge on any atom is -0.313 e. The minimum atomic E-state index is -2.36. The zero-order valence-corrected chi connectivity index (χ0v) is 11.3. The second kappa shape index (κ2) is 4.41. The van der Waals surface area contributed by atoms with E-state index in [4.69, 9.17) is 0 Å². The first-order valence-electron chi connectivity index (χ1n) is 7.30. The topological polar surface area (TPSA) is 15.3 Å². The third-order valence-corrected chi connectivity index (χ3v) is 5.11. The second-order valence-corrected chi connectivity index (χ2v) is 6.87. The van der Waals surface area contributed by atoms with Crippen molar-refractivity contribution in [2.45, 2.75) is 51.1 Å². The Hall–Kier alpha value is -0.220. The van der Waals surface area contributed by atoms with Crippen LogP contribution in [0.15, 0.2) is 0 Å². The summed E-state index contributed by atoms with van der Waals surface area (Å²) in [6.45, 7) is 7.68. The second-order valence-electron chi connectivity index (χ2n) is 6.87. The molecule has 2 aliphatic heterocycles. The smallest absolute Gasteiger partial charge is 0.248 e. The summed E-state index contributed by atoms with van der Waals surface area (Å²) < 4.78 is 25.5. The molecular formula is C14H24F2N2. The predicted octanol–water partition coefficient (Wildman–Crippen LogP) is 2.35. The first-order valence-corrected chi connectivity index (χ1v) is 7.30. The van der Waals surface area contributed by atoms with Gasteiger partial charge in [-0.2, -0.15) is 0 Å². The Morgan fingerprint density at radius 3 is 2.33 bits per heavy atom. The summed E-state index contributed by atoms with van der Waals surface area (Å²) in [4.78, 5) is 2.55. The molecule has 4 fully saturated rings. The van der Waals surface area contributed by atoms with Gasteiger partial charge in [0.25, 0.3) is 0 Å². The average molecular weight is 258 g/mol. The summed E-state index contributed by atoms with van der Waals surface area (Å²) in [6, 6.07) is 1.25. The van der Waals surface area contributed by atoms with Crippen LogP contribution in [-0.4, -0.2) is 42.5 Å². The van der Waals surface area contributed by atoms with Crippen LogP contribution in [0.25, 0.3) is 0 Å². The molecule has 0 aromatic heterocycles. The van der Waals surface area contributed by atoms with Gasteiger partial charge in [0, 0.05) is 38.0 Å². The first-order chi connectivity index (χ1) is 8.44. The number of fused-ring (bicyclic) bond motifs is 2. The molecule has 2 aliphatic carbocycles. The van der Waals surface area contributed by atoms with E-state index < -0.39 is 5.92 Å². The van der Waals surface area contributed by atoms with E-state index in [0.29, 0.717) is 12.1 Å². The standard InChI is InChI=1S/C14H24F2N2/c1-9(2)18-7-11-3-12(8-18)13(11)17-6-10-4-14(15,16)5-10/h9-13,17H,3-8H2,1-2H3/t11-,12+,13?. The van der Waals surface area contributed by atoms with Gasteiger partial charge in [-0.15, -0.1) is 0 Å². The van der Waals surface area contributed by atoms with Crippen LogP contribution in [0.5, 0.6) is 0 Å². The van der Waals surface area contributed by atoms with Gasteiger partial charge in [0.2, 0.25) is 5.92 Å². The summed E-state index contributed by atoms with van der Waals surface area (Å²) in [5.74, 6) is -0.642. The zero-order valence-electron chi connectivity index (χ0n) is 11.3. The largest absolute Gasteiger partial charge is 0.313 e. The van der Waals surface area contributed by atoms with Gasteiger partial charge in [-0.1, -0.05) is 0 Å². The van der Waals surface area contributed by atoms with Crippen molar-refractivity contribution in [2.24, 2.45) is 17.8 Å². The van der Waals surface area contributed by atoms with Crippen LogP contribution in [0.3, 0.4) is 0 Å². The fraction of sp³-hybridized carbons (Fsp3) is 1.00. The number of rotatable bonds is 4. The van der Waals surface area contributed by atoms with Gasteiger partial charge in [0.05, 0.1) is 0 Å². The van der Waals surface area contributed by atoms with Crippen molar-refractivity contribution in [3.8, 4) is 0 Å². The molecule has 4 rings (SSSR count). The van der Waals surface area contributed by atoms with E-state index in [1.807, 2.05) is 0 Å². The van der Waals surface area contributed by atoms with E-state index in [-0.39, 0.29) is 18.8 Å². The monoisotopic (exact) mass is 258 g/mol. The maximum Gasteiger partial charge on any atom is 0.248 e. The summed E-state index contributed by atoms with van der Waals surface area (Å²) in [5, 5.41) is 3.56. The molecule has 4 aliphatic rings. The Labute approximate surface area is 108 Å². The SMILES string of the molecule is CC(C)N1C[C@H]2C[C@@H](C1)C2NCC1CC(F)(F)C1. The Kier molecular flexibility index (Phi) is 3.14. The number of nitrogens with zero attached hydrogens (tertiary/aromatic N) is 1. The van der Waals surface area contributed by atoms with Gasteiger partial charge >= 0.3 is 0 Å². The van der Waals surface area contributed by atoms with E-state index in [1.54, 1.807) is 0 Å². The molecule has 2 saturated carbocycles. The molecule has 2 heterocycles. The molecule has 0 spiro atoms. The quantitative estimate of drug-likeness (QED) is 0.832. The molecule has 18 heavy (non-hydrogen) atoms. The molecule has 104 valence electrons. The van der Waals surface area contributed by atoms with Crippen molar-refractivity contribution in [3.05, 3.63) is 0 Å². The summed E-state index contributed by atoms with van der Waals surface area (Å²) >= 11 is 0. The van der Waals surface area contributed by atoms with Gasteiger partial charge in [-0.25, -0.2) is 8.78 Å². The molecule has 4 heteroatoms. The third-order valence-electron chi connectivity index (χ3n) is 5.11. The molecule has 2 saturated heterocycles. The van der Waals surface area contributed by atoms with E-state index in [1.165, 1.54) is 19.5 Å². The molecule has 0 amide bonds. The van der Waals surface area contributed by atoms with Gasteiger partial charge in [0.15, 0.2) is 0 Å². The summed E-state index contributed by atoms with van der Waals surface area (Å²) in [5.41, 5.74) is 0. The third kappa shape index (κ3) is 2.29.